The number of hydrogen-bond acceptors (Lipinski definition) is 3. The molecule has 0 bridgehead atoms. The van der Waals surface area contributed by atoms with Gasteiger partial charge in [-0.2, -0.15) is 0 Å². The fourth-order valence-electron chi connectivity index (χ4n) is 3.71. The highest BCUT2D eigenvalue weighted by Crippen LogP contribution is 2.32. The molecule has 1 saturated carbocycles. The van der Waals surface area contributed by atoms with Crippen molar-refractivity contribution in [1.82, 2.24) is 9.80 Å². The Morgan fingerprint density at radius 2 is 2.10 bits per heavy atom. The maximum absolute atomic E-state index is 13.2. The highest BCUT2D eigenvalue weighted by atomic mass is 19.1. The second kappa shape index (κ2) is 5.58. The number of benzene rings is 1. The maximum Gasteiger partial charge on any atom is 0.126 e. The molecular weight excluding hydrogens is 267 g/mol. The molecule has 0 unspecified atom stereocenters. The van der Waals surface area contributed by atoms with Crippen LogP contribution in [0.15, 0.2) is 24.3 Å². The van der Waals surface area contributed by atoms with Gasteiger partial charge in [-0.25, -0.2) is 4.39 Å². The Labute approximate surface area is 125 Å². The number of rotatable bonds is 4. The lowest BCUT2D eigenvalue weighted by Gasteiger charge is -2.37. The molecule has 0 aromatic heterocycles. The molecule has 1 aromatic carbocycles. The number of nitrogens with zero attached hydrogens (tertiary/aromatic N) is 2. The Balaban J connectivity index is 1.33. The Morgan fingerprint density at radius 3 is 2.90 bits per heavy atom. The van der Waals surface area contributed by atoms with Crippen LogP contribution in [0.25, 0.3) is 0 Å². The second-order valence-corrected chi connectivity index (χ2v) is 6.78. The standard InChI is InChI=1S/C17H23FN2O/c18-14-2-1-3-16(8-14)21-17-9-15-11-19(10-13-4-5-13)6-7-20(15)12-17/h1-3,8,13,15,17H,4-7,9-12H2/t15-,17+/m0/s1. The van der Waals surface area contributed by atoms with Gasteiger partial charge in [-0.15, -0.1) is 0 Å². The highest BCUT2D eigenvalue weighted by molar-refractivity contribution is 5.23. The van der Waals surface area contributed by atoms with Crippen LogP contribution in [0.3, 0.4) is 0 Å². The SMILES string of the molecule is Fc1cccc(O[C@@H]2C[C@H]3CN(CC4CC4)CCN3C2)c1. The summed E-state index contributed by atoms with van der Waals surface area (Å²) >= 11 is 0. The molecule has 0 amide bonds. The van der Waals surface area contributed by atoms with E-state index in [4.69, 9.17) is 4.74 Å². The van der Waals surface area contributed by atoms with Gasteiger partial charge in [-0.1, -0.05) is 6.07 Å². The fraction of sp³-hybridized carbons (Fsp3) is 0.647. The van der Waals surface area contributed by atoms with Crippen molar-refractivity contribution < 1.29 is 9.13 Å². The van der Waals surface area contributed by atoms with Gasteiger partial charge in [0.05, 0.1) is 0 Å². The van der Waals surface area contributed by atoms with E-state index in [-0.39, 0.29) is 11.9 Å². The molecule has 3 nitrogen and oxygen atoms in total. The van der Waals surface area contributed by atoms with Crippen molar-refractivity contribution in [3.63, 3.8) is 0 Å². The van der Waals surface area contributed by atoms with Gasteiger partial charge in [0.15, 0.2) is 0 Å². The molecule has 3 fully saturated rings. The molecular formula is C17H23FN2O. The molecule has 4 rings (SSSR count). The van der Waals surface area contributed by atoms with E-state index in [1.807, 2.05) is 6.07 Å². The van der Waals surface area contributed by atoms with Crippen molar-refractivity contribution in [2.75, 3.05) is 32.7 Å². The van der Waals surface area contributed by atoms with E-state index >= 15 is 0 Å². The zero-order valence-electron chi connectivity index (χ0n) is 12.4. The number of hydrogen-bond donors (Lipinski definition) is 0. The Morgan fingerprint density at radius 1 is 1.19 bits per heavy atom. The first-order valence-corrected chi connectivity index (χ1v) is 8.15. The molecule has 2 atom stereocenters. The third kappa shape index (κ3) is 3.22. The van der Waals surface area contributed by atoms with E-state index in [2.05, 4.69) is 9.80 Å². The van der Waals surface area contributed by atoms with Gasteiger partial charge in [-0.3, -0.25) is 4.90 Å². The average molecular weight is 290 g/mol. The second-order valence-electron chi connectivity index (χ2n) is 6.78. The van der Waals surface area contributed by atoms with E-state index in [0.29, 0.717) is 11.8 Å². The fourth-order valence-corrected chi connectivity index (χ4v) is 3.71. The van der Waals surface area contributed by atoms with Gasteiger partial charge in [0.1, 0.15) is 17.7 Å². The largest absolute Gasteiger partial charge is 0.489 e. The van der Waals surface area contributed by atoms with Crippen LogP contribution in [0.5, 0.6) is 5.75 Å². The summed E-state index contributed by atoms with van der Waals surface area (Å²) in [4.78, 5) is 5.18. The molecule has 0 radical (unpaired) electrons. The van der Waals surface area contributed by atoms with Crippen LogP contribution < -0.4 is 4.74 Å². The maximum atomic E-state index is 13.2. The molecule has 1 aliphatic carbocycles. The highest BCUT2D eigenvalue weighted by Gasteiger charge is 2.38. The number of halogens is 1. The zero-order chi connectivity index (χ0) is 14.2. The summed E-state index contributed by atoms with van der Waals surface area (Å²) in [6.45, 7) is 5.80. The predicted octanol–water partition coefficient (Wildman–Crippen LogP) is 2.37. The number of fused-ring (bicyclic) bond motifs is 1. The molecule has 2 saturated heterocycles. The quantitative estimate of drug-likeness (QED) is 0.847. The summed E-state index contributed by atoms with van der Waals surface area (Å²) in [5.74, 6) is 1.41. The number of ether oxygens (including phenoxy) is 1. The number of piperazine rings is 1. The van der Waals surface area contributed by atoms with Crippen molar-refractivity contribution in [3.8, 4) is 5.75 Å². The first-order chi connectivity index (χ1) is 10.3. The van der Waals surface area contributed by atoms with Crippen LogP contribution in [-0.2, 0) is 0 Å². The minimum absolute atomic E-state index is 0.206. The van der Waals surface area contributed by atoms with E-state index in [1.54, 1.807) is 6.07 Å². The third-order valence-electron chi connectivity index (χ3n) is 4.97. The van der Waals surface area contributed by atoms with Crippen molar-refractivity contribution in [1.29, 1.82) is 0 Å². The lowest BCUT2D eigenvalue weighted by molar-refractivity contribution is 0.0994. The Kier molecular flexibility index (Phi) is 3.59. The summed E-state index contributed by atoms with van der Waals surface area (Å²) < 4.78 is 19.2. The van der Waals surface area contributed by atoms with E-state index < -0.39 is 0 Å². The lowest BCUT2D eigenvalue weighted by atomic mass is 10.1. The third-order valence-corrected chi connectivity index (χ3v) is 4.97. The van der Waals surface area contributed by atoms with Crippen LogP contribution >= 0.6 is 0 Å². The van der Waals surface area contributed by atoms with E-state index in [0.717, 1.165) is 25.4 Å². The van der Waals surface area contributed by atoms with E-state index in [1.165, 1.54) is 44.6 Å². The summed E-state index contributed by atoms with van der Waals surface area (Å²) in [7, 11) is 0. The van der Waals surface area contributed by atoms with Gasteiger partial charge in [0, 0.05) is 51.3 Å². The topological polar surface area (TPSA) is 15.7 Å². The predicted molar refractivity (Wildman–Crippen MR) is 80.0 cm³/mol. The lowest BCUT2D eigenvalue weighted by Crippen LogP contribution is -2.50. The molecule has 2 heterocycles. The molecule has 21 heavy (non-hydrogen) atoms. The van der Waals surface area contributed by atoms with Crippen LogP contribution in [-0.4, -0.2) is 54.7 Å². The summed E-state index contributed by atoms with van der Waals surface area (Å²) in [5.41, 5.74) is 0. The van der Waals surface area contributed by atoms with Crippen molar-refractivity contribution in [2.24, 2.45) is 5.92 Å². The van der Waals surface area contributed by atoms with Gasteiger partial charge < -0.3 is 9.64 Å². The zero-order valence-corrected chi connectivity index (χ0v) is 12.4. The van der Waals surface area contributed by atoms with Crippen LogP contribution in [0, 0.1) is 11.7 Å². The minimum atomic E-state index is -0.223. The van der Waals surface area contributed by atoms with Crippen LogP contribution in [0.2, 0.25) is 0 Å². The minimum Gasteiger partial charge on any atom is -0.489 e. The summed E-state index contributed by atoms with van der Waals surface area (Å²) in [6.07, 6.45) is 4.13. The Bertz CT molecular complexity index is 505. The van der Waals surface area contributed by atoms with Gasteiger partial charge in [0.2, 0.25) is 0 Å². The molecule has 1 aromatic rings. The van der Waals surface area contributed by atoms with Crippen molar-refractivity contribution in [3.05, 3.63) is 30.1 Å². The smallest absolute Gasteiger partial charge is 0.126 e. The monoisotopic (exact) mass is 290 g/mol. The molecule has 0 N–H and O–H groups in total. The van der Waals surface area contributed by atoms with Crippen LogP contribution in [0.4, 0.5) is 4.39 Å². The van der Waals surface area contributed by atoms with Crippen molar-refractivity contribution >= 4 is 0 Å². The molecule has 114 valence electrons. The molecule has 3 aliphatic rings. The van der Waals surface area contributed by atoms with Gasteiger partial charge >= 0.3 is 0 Å². The molecule has 2 aliphatic heterocycles. The van der Waals surface area contributed by atoms with Crippen molar-refractivity contribution in [2.45, 2.75) is 31.4 Å². The average Bonchev–Trinajstić information content (AvgIpc) is 3.17. The Hall–Kier alpha value is -1.13. The normalized spacial score (nSPS) is 30.3. The summed E-state index contributed by atoms with van der Waals surface area (Å²) in [5, 5.41) is 0. The van der Waals surface area contributed by atoms with Crippen LogP contribution in [0.1, 0.15) is 19.3 Å². The molecule has 4 heteroatoms. The van der Waals surface area contributed by atoms with E-state index in [9.17, 15) is 4.39 Å². The molecule has 0 spiro atoms. The van der Waals surface area contributed by atoms with Gasteiger partial charge in [0.25, 0.3) is 0 Å². The first kappa shape index (κ1) is 13.5. The van der Waals surface area contributed by atoms with Gasteiger partial charge in [-0.05, 0) is 30.9 Å². The first-order valence-electron chi connectivity index (χ1n) is 8.15. The summed E-state index contributed by atoms with van der Waals surface area (Å²) in [6, 6.07) is 7.12.